The van der Waals surface area contributed by atoms with Gasteiger partial charge in [-0.2, -0.15) is 0 Å². The van der Waals surface area contributed by atoms with Crippen molar-refractivity contribution in [2.45, 2.75) is 19.1 Å². The lowest BCUT2D eigenvalue weighted by Crippen LogP contribution is -2.34. The second kappa shape index (κ2) is 5.64. The van der Waals surface area contributed by atoms with Crippen molar-refractivity contribution in [3.8, 4) is 11.6 Å². The molecule has 3 rings (SSSR count). The summed E-state index contributed by atoms with van der Waals surface area (Å²) in [5, 5.41) is 4.49. The summed E-state index contributed by atoms with van der Waals surface area (Å²) in [4.78, 5) is 1.99. The van der Waals surface area contributed by atoms with E-state index in [-0.39, 0.29) is 17.5 Å². The minimum atomic E-state index is -2.90. The quantitative estimate of drug-likeness (QED) is 0.780. The molecule has 0 saturated carbocycles. The summed E-state index contributed by atoms with van der Waals surface area (Å²) in [6.07, 6.45) is 2.25. The molecule has 0 aromatic carbocycles. The van der Waals surface area contributed by atoms with Gasteiger partial charge in [-0.1, -0.05) is 0 Å². The van der Waals surface area contributed by atoms with Crippen LogP contribution in [0.1, 0.15) is 6.42 Å². The first-order valence-electron chi connectivity index (χ1n) is 6.96. The number of aromatic nitrogens is 3. The van der Waals surface area contributed by atoms with Crippen LogP contribution >= 0.6 is 12.2 Å². The van der Waals surface area contributed by atoms with E-state index in [1.807, 2.05) is 25.1 Å². The highest BCUT2D eigenvalue weighted by Crippen LogP contribution is 2.20. The molecule has 0 amide bonds. The van der Waals surface area contributed by atoms with E-state index in [1.165, 1.54) is 0 Å². The van der Waals surface area contributed by atoms with Gasteiger partial charge in [-0.3, -0.25) is 4.90 Å². The van der Waals surface area contributed by atoms with E-state index in [9.17, 15) is 8.42 Å². The average molecular weight is 342 g/mol. The Labute approximate surface area is 134 Å². The van der Waals surface area contributed by atoms with Crippen LogP contribution in [0.15, 0.2) is 22.8 Å². The summed E-state index contributed by atoms with van der Waals surface area (Å²) >= 11 is 5.40. The summed E-state index contributed by atoms with van der Waals surface area (Å²) in [5.74, 6) is 1.77. The van der Waals surface area contributed by atoms with E-state index in [2.05, 4.69) is 5.10 Å². The third-order valence-electron chi connectivity index (χ3n) is 3.97. The number of furan rings is 1. The molecular weight excluding hydrogens is 324 g/mol. The topological polar surface area (TPSA) is 73.3 Å². The highest BCUT2D eigenvalue weighted by Gasteiger charge is 2.31. The predicted molar refractivity (Wildman–Crippen MR) is 84.6 cm³/mol. The zero-order valence-corrected chi connectivity index (χ0v) is 14.1. The van der Waals surface area contributed by atoms with Gasteiger partial charge in [0, 0.05) is 13.1 Å². The zero-order valence-electron chi connectivity index (χ0n) is 12.5. The van der Waals surface area contributed by atoms with Gasteiger partial charge >= 0.3 is 0 Å². The van der Waals surface area contributed by atoms with Crippen molar-refractivity contribution in [3.05, 3.63) is 23.2 Å². The minimum Gasteiger partial charge on any atom is -0.461 e. The van der Waals surface area contributed by atoms with E-state index in [1.54, 1.807) is 21.6 Å². The Morgan fingerprint density at radius 3 is 2.91 bits per heavy atom. The lowest BCUT2D eigenvalue weighted by Gasteiger charge is -2.22. The Morgan fingerprint density at radius 1 is 1.55 bits per heavy atom. The Hall–Kier alpha value is -1.45. The molecule has 1 fully saturated rings. The fraction of sp³-hybridized carbons (Fsp3) is 0.538. The second-order valence-corrected chi connectivity index (χ2v) is 8.19. The molecule has 120 valence electrons. The Morgan fingerprint density at radius 2 is 2.32 bits per heavy atom. The number of hydrogen-bond acceptors (Lipinski definition) is 6. The molecular formula is C13H18N4O3S2. The molecule has 2 aromatic rings. The summed E-state index contributed by atoms with van der Waals surface area (Å²) in [6, 6.07) is 3.64. The Bertz CT molecular complexity index is 820. The van der Waals surface area contributed by atoms with Crippen LogP contribution in [0, 0.1) is 4.77 Å². The number of hydrogen-bond donors (Lipinski definition) is 0. The largest absolute Gasteiger partial charge is 0.461 e. The van der Waals surface area contributed by atoms with Crippen LogP contribution in [-0.4, -0.2) is 52.3 Å². The standard InChI is InChI=1S/C13H18N4O3S2/c1-15(10-5-7-22(18,19)8-10)9-17-13(21)16(2)12(14-17)11-4-3-6-20-11/h3-4,6,10H,5,7-9H2,1-2H3/t10-/m0/s1. The van der Waals surface area contributed by atoms with Crippen molar-refractivity contribution in [1.82, 2.24) is 19.2 Å². The van der Waals surface area contributed by atoms with Crippen LogP contribution in [0.3, 0.4) is 0 Å². The maximum Gasteiger partial charge on any atom is 0.199 e. The molecule has 0 spiro atoms. The first kappa shape index (κ1) is 15.4. The molecule has 22 heavy (non-hydrogen) atoms. The van der Waals surface area contributed by atoms with Crippen molar-refractivity contribution in [2.75, 3.05) is 18.6 Å². The maximum atomic E-state index is 11.6. The normalized spacial score (nSPS) is 20.8. The molecule has 0 radical (unpaired) electrons. The SMILES string of the molecule is CN(Cn1nc(-c2ccco2)n(C)c1=S)[C@H]1CCS(=O)(=O)C1. The number of sulfone groups is 1. The Balaban J connectivity index is 1.82. The van der Waals surface area contributed by atoms with Gasteiger partial charge in [-0.05, 0) is 37.8 Å². The summed E-state index contributed by atoms with van der Waals surface area (Å²) in [5.41, 5.74) is 0. The van der Waals surface area contributed by atoms with Crippen LogP contribution < -0.4 is 0 Å². The molecule has 9 heteroatoms. The highest BCUT2D eigenvalue weighted by atomic mass is 32.2. The van der Waals surface area contributed by atoms with Crippen molar-refractivity contribution >= 4 is 22.1 Å². The zero-order chi connectivity index (χ0) is 15.9. The lowest BCUT2D eigenvalue weighted by atomic mass is 10.2. The molecule has 1 aliphatic heterocycles. The molecule has 7 nitrogen and oxygen atoms in total. The molecule has 1 aliphatic rings. The smallest absolute Gasteiger partial charge is 0.199 e. The molecule has 0 N–H and O–H groups in total. The lowest BCUT2D eigenvalue weighted by molar-refractivity contribution is 0.196. The molecule has 0 bridgehead atoms. The van der Waals surface area contributed by atoms with E-state index in [4.69, 9.17) is 16.6 Å². The monoisotopic (exact) mass is 342 g/mol. The van der Waals surface area contributed by atoms with Crippen LogP contribution in [-0.2, 0) is 23.6 Å². The number of rotatable bonds is 4. The fourth-order valence-electron chi connectivity index (χ4n) is 2.65. The highest BCUT2D eigenvalue weighted by molar-refractivity contribution is 7.91. The summed E-state index contributed by atoms with van der Waals surface area (Å²) < 4.78 is 32.6. The number of nitrogens with zero attached hydrogens (tertiary/aromatic N) is 4. The van der Waals surface area contributed by atoms with Crippen molar-refractivity contribution < 1.29 is 12.8 Å². The molecule has 0 unspecified atom stereocenters. The van der Waals surface area contributed by atoms with Crippen LogP contribution in [0.25, 0.3) is 11.6 Å². The van der Waals surface area contributed by atoms with Gasteiger partial charge in [0.2, 0.25) is 0 Å². The summed E-state index contributed by atoms with van der Waals surface area (Å²) in [6.45, 7) is 0.452. The van der Waals surface area contributed by atoms with Gasteiger partial charge < -0.3 is 8.98 Å². The molecule has 0 aliphatic carbocycles. The van der Waals surface area contributed by atoms with E-state index < -0.39 is 9.84 Å². The third-order valence-corrected chi connectivity index (χ3v) is 6.21. The van der Waals surface area contributed by atoms with Crippen LogP contribution in [0.2, 0.25) is 0 Å². The predicted octanol–water partition coefficient (Wildman–Crippen LogP) is 1.29. The van der Waals surface area contributed by atoms with Gasteiger partial charge in [0.05, 0.1) is 24.4 Å². The fourth-order valence-corrected chi connectivity index (χ4v) is 4.64. The first-order chi connectivity index (χ1) is 10.4. The van der Waals surface area contributed by atoms with Gasteiger partial charge in [0.15, 0.2) is 26.2 Å². The van der Waals surface area contributed by atoms with Crippen molar-refractivity contribution in [2.24, 2.45) is 7.05 Å². The molecule has 1 atom stereocenters. The van der Waals surface area contributed by atoms with Gasteiger partial charge in [0.1, 0.15) is 0 Å². The van der Waals surface area contributed by atoms with E-state index in [0.29, 0.717) is 29.4 Å². The van der Waals surface area contributed by atoms with Crippen molar-refractivity contribution in [3.63, 3.8) is 0 Å². The minimum absolute atomic E-state index is 0.0148. The second-order valence-electron chi connectivity index (χ2n) is 5.60. The Kier molecular flexibility index (Phi) is 3.96. The maximum absolute atomic E-state index is 11.6. The van der Waals surface area contributed by atoms with Crippen LogP contribution in [0.4, 0.5) is 0 Å². The molecule has 3 heterocycles. The van der Waals surface area contributed by atoms with Gasteiger partial charge in [-0.15, -0.1) is 5.10 Å². The molecule has 1 saturated heterocycles. The van der Waals surface area contributed by atoms with Gasteiger partial charge in [-0.25, -0.2) is 13.1 Å². The average Bonchev–Trinajstić information content (AvgIpc) is 3.15. The molecule has 2 aromatic heterocycles. The van der Waals surface area contributed by atoms with E-state index >= 15 is 0 Å². The van der Waals surface area contributed by atoms with Crippen LogP contribution in [0.5, 0.6) is 0 Å². The van der Waals surface area contributed by atoms with Crippen molar-refractivity contribution in [1.29, 1.82) is 0 Å². The summed E-state index contributed by atoms with van der Waals surface area (Å²) in [7, 11) is 0.835. The van der Waals surface area contributed by atoms with Gasteiger partial charge in [0.25, 0.3) is 0 Å². The first-order valence-corrected chi connectivity index (χ1v) is 9.19. The van der Waals surface area contributed by atoms with E-state index in [0.717, 1.165) is 0 Å². The third kappa shape index (κ3) is 2.88.